The Kier molecular flexibility index (Phi) is 4.48. The molecule has 1 aromatic heterocycles. The molecule has 1 amide bonds. The molecule has 2 aromatic rings. The number of halogens is 1. The van der Waals surface area contributed by atoms with E-state index in [0.29, 0.717) is 10.7 Å². The van der Waals surface area contributed by atoms with Gasteiger partial charge in [-0.1, -0.05) is 17.7 Å². The molecule has 1 heterocycles. The topological polar surface area (TPSA) is 67.0 Å². The minimum atomic E-state index is -0.474. The van der Waals surface area contributed by atoms with Crippen LogP contribution in [0.1, 0.15) is 5.56 Å². The van der Waals surface area contributed by atoms with Crippen molar-refractivity contribution in [3.63, 3.8) is 0 Å². The van der Waals surface area contributed by atoms with Crippen molar-refractivity contribution in [3.8, 4) is 6.07 Å². The zero-order chi connectivity index (χ0) is 14.4. The third-order valence-corrected chi connectivity index (χ3v) is 2.72. The molecule has 2 N–H and O–H groups in total. The summed E-state index contributed by atoms with van der Waals surface area (Å²) in [5.74, 6) is -0.474. The zero-order valence-electron chi connectivity index (χ0n) is 10.4. The van der Waals surface area contributed by atoms with Crippen LogP contribution < -0.4 is 10.3 Å². The number of amides is 1. The van der Waals surface area contributed by atoms with Crippen LogP contribution in [-0.2, 0) is 4.79 Å². The van der Waals surface area contributed by atoms with Gasteiger partial charge in [-0.05, 0) is 30.3 Å². The van der Waals surface area contributed by atoms with E-state index < -0.39 is 5.91 Å². The number of hydrogen-bond donors (Lipinski definition) is 1. The van der Waals surface area contributed by atoms with Gasteiger partial charge in [-0.25, -0.2) is 4.98 Å². The number of carbonyl (C=O) groups is 1. The summed E-state index contributed by atoms with van der Waals surface area (Å²) < 4.78 is 0. The fraction of sp³-hybridized carbons (Fsp3) is 0. The van der Waals surface area contributed by atoms with Crippen LogP contribution in [-0.4, -0.2) is 5.91 Å². The maximum atomic E-state index is 12.0. The number of H-pyrrole nitrogens is 1. The number of rotatable bonds is 3. The van der Waals surface area contributed by atoms with E-state index in [1.165, 1.54) is 6.08 Å². The van der Waals surface area contributed by atoms with Gasteiger partial charge in [-0.3, -0.25) is 4.79 Å². The average Bonchev–Trinajstić information content (AvgIpc) is 2.45. The van der Waals surface area contributed by atoms with Crippen molar-refractivity contribution in [1.82, 2.24) is 0 Å². The number of benzene rings is 1. The zero-order valence-corrected chi connectivity index (χ0v) is 11.2. The molecule has 4 nitrogen and oxygen atoms in total. The van der Waals surface area contributed by atoms with Crippen molar-refractivity contribution in [3.05, 3.63) is 65.0 Å². The van der Waals surface area contributed by atoms with Crippen LogP contribution in [0.4, 0.5) is 5.69 Å². The van der Waals surface area contributed by atoms with Crippen LogP contribution in [0, 0.1) is 11.3 Å². The van der Waals surface area contributed by atoms with Crippen molar-refractivity contribution in [2.45, 2.75) is 0 Å². The van der Waals surface area contributed by atoms with Gasteiger partial charge in [0.25, 0.3) is 5.91 Å². The van der Waals surface area contributed by atoms with Gasteiger partial charge in [0, 0.05) is 22.3 Å². The summed E-state index contributed by atoms with van der Waals surface area (Å²) in [7, 11) is 0. The molecule has 0 aliphatic carbocycles. The first-order chi connectivity index (χ1) is 9.69. The Morgan fingerprint density at radius 3 is 2.85 bits per heavy atom. The molecule has 0 fully saturated rings. The van der Waals surface area contributed by atoms with Gasteiger partial charge in [0.2, 0.25) is 0 Å². The molecule has 0 aliphatic heterocycles. The Hall–Kier alpha value is -2.64. The number of pyridine rings is 1. The highest BCUT2D eigenvalue weighted by molar-refractivity contribution is 6.31. The Labute approximate surface area is 121 Å². The first-order valence-electron chi connectivity index (χ1n) is 5.84. The minimum absolute atomic E-state index is 0.0181. The highest BCUT2D eigenvalue weighted by atomic mass is 35.5. The third kappa shape index (κ3) is 3.67. The Balaban J connectivity index is 2.19. The largest absolute Gasteiger partial charge is 0.321 e. The lowest BCUT2D eigenvalue weighted by Gasteiger charge is -2.04. The number of anilines is 1. The molecule has 0 spiro atoms. The molecule has 5 heteroatoms. The predicted molar refractivity (Wildman–Crippen MR) is 76.7 cm³/mol. The highest BCUT2D eigenvalue weighted by Crippen LogP contribution is 2.16. The number of nitrogens with zero attached hydrogens (tertiary/aromatic N) is 1. The lowest BCUT2D eigenvalue weighted by molar-refractivity contribution is -0.378. The minimum Gasteiger partial charge on any atom is -0.321 e. The molecule has 0 atom stereocenters. The van der Waals surface area contributed by atoms with Crippen molar-refractivity contribution in [1.29, 1.82) is 5.26 Å². The normalized spacial score (nSPS) is 10.7. The number of nitriles is 1. The quantitative estimate of drug-likeness (QED) is 0.695. The SMILES string of the molecule is N#CC(=Cc1ccc[nH+]c1)C(=O)Nc1cccc(Cl)c1. The van der Waals surface area contributed by atoms with E-state index in [1.807, 2.05) is 6.07 Å². The van der Waals surface area contributed by atoms with Gasteiger partial charge in [0.05, 0.1) is 0 Å². The Morgan fingerprint density at radius 1 is 1.35 bits per heavy atom. The summed E-state index contributed by atoms with van der Waals surface area (Å²) in [6, 6.07) is 12.2. The molecule has 0 saturated carbocycles. The summed E-state index contributed by atoms with van der Waals surface area (Å²) in [5, 5.41) is 12.2. The molecule has 0 radical (unpaired) electrons. The van der Waals surface area contributed by atoms with Gasteiger partial charge in [-0.2, -0.15) is 5.26 Å². The van der Waals surface area contributed by atoms with E-state index in [2.05, 4.69) is 10.3 Å². The van der Waals surface area contributed by atoms with E-state index in [1.54, 1.807) is 48.8 Å². The van der Waals surface area contributed by atoms with Gasteiger partial charge in [0.1, 0.15) is 11.6 Å². The van der Waals surface area contributed by atoms with Crippen molar-refractivity contribution >= 4 is 29.3 Å². The highest BCUT2D eigenvalue weighted by Gasteiger charge is 2.10. The van der Waals surface area contributed by atoms with Gasteiger partial charge >= 0.3 is 0 Å². The molecule has 2 rings (SSSR count). The van der Waals surface area contributed by atoms with E-state index >= 15 is 0 Å². The van der Waals surface area contributed by atoms with Crippen molar-refractivity contribution in [2.24, 2.45) is 0 Å². The van der Waals surface area contributed by atoms with Crippen LogP contribution >= 0.6 is 11.6 Å². The molecule has 0 bridgehead atoms. The van der Waals surface area contributed by atoms with Crippen LogP contribution in [0.5, 0.6) is 0 Å². The molecule has 98 valence electrons. The van der Waals surface area contributed by atoms with E-state index in [-0.39, 0.29) is 5.57 Å². The summed E-state index contributed by atoms with van der Waals surface area (Å²) in [5.41, 5.74) is 1.30. The first kappa shape index (κ1) is 13.8. The maximum Gasteiger partial charge on any atom is 0.266 e. The monoisotopic (exact) mass is 284 g/mol. The molecular weight excluding hydrogens is 274 g/mol. The third-order valence-electron chi connectivity index (χ3n) is 2.49. The number of hydrogen-bond acceptors (Lipinski definition) is 2. The average molecular weight is 285 g/mol. The van der Waals surface area contributed by atoms with Crippen molar-refractivity contribution in [2.75, 3.05) is 5.32 Å². The summed E-state index contributed by atoms with van der Waals surface area (Å²) in [4.78, 5) is 14.9. The molecule has 0 saturated heterocycles. The van der Waals surface area contributed by atoms with Gasteiger partial charge in [-0.15, -0.1) is 0 Å². The molecule has 20 heavy (non-hydrogen) atoms. The van der Waals surface area contributed by atoms with Crippen LogP contribution in [0.3, 0.4) is 0 Å². The standard InChI is InChI=1S/C15H10ClN3O/c16-13-4-1-5-14(8-13)19-15(20)12(9-17)7-11-3-2-6-18-10-11/h1-8,10H,(H,19,20)/p+1. The van der Waals surface area contributed by atoms with E-state index in [9.17, 15) is 4.79 Å². The first-order valence-corrected chi connectivity index (χ1v) is 6.21. The smallest absolute Gasteiger partial charge is 0.266 e. The van der Waals surface area contributed by atoms with Gasteiger partial charge < -0.3 is 5.32 Å². The lowest BCUT2D eigenvalue weighted by atomic mass is 10.1. The fourth-order valence-corrected chi connectivity index (χ4v) is 1.77. The number of aromatic amines is 1. The summed E-state index contributed by atoms with van der Waals surface area (Å²) in [6.45, 7) is 0. The lowest BCUT2D eigenvalue weighted by Crippen LogP contribution is -2.13. The van der Waals surface area contributed by atoms with Crippen LogP contribution in [0.2, 0.25) is 5.02 Å². The van der Waals surface area contributed by atoms with E-state index in [0.717, 1.165) is 5.56 Å². The number of carbonyl (C=O) groups excluding carboxylic acids is 1. The molecule has 1 aromatic carbocycles. The Morgan fingerprint density at radius 2 is 2.20 bits per heavy atom. The maximum absolute atomic E-state index is 12.0. The van der Waals surface area contributed by atoms with Crippen LogP contribution in [0.15, 0.2) is 54.4 Å². The van der Waals surface area contributed by atoms with E-state index in [4.69, 9.17) is 16.9 Å². The second-order valence-electron chi connectivity index (χ2n) is 3.97. The van der Waals surface area contributed by atoms with Crippen LogP contribution in [0.25, 0.3) is 6.08 Å². The fourth-order valence-electron chi connectivity index (χ4n) is 1.58. The molecule has 0 aliphatic rings. The number of nitrogens with one attached hydrogen (secondary N) is 2. The number of aromatic nitrogens is 1. The predicted octanol–water partition coefficient (Wildman–Crippen LogP) is 2.70. The Bertz CT molecular complexity index is 690. The van der Waals surface area contributed by atoms with Gasteiger partial charge in [0.15, 0.2) is 12.4 Å². The molecular formula is C15H11ClN3O+. The second kappa shape index (κ2) is 6.50. The summed E-state index contributed by atoms with van der Waals surface area (Å²) >= 11 is 5.84. The summed E-state index contributed by atoms with van der Waals surface area (Å²) in [6.07, 6.45) is 4.95. The van der Waals surface area contributed by atoms with Crippen molar-refractivity contribution < 1.29 is 9.78 Å². The second-order valence-corrected chi connectivity index (χ2v) is 4.41. The molecule has 0 unspecified atom stereocenters.